The first-order valence-electron chi connectivity index (χ1n) is 7.26. The van der Waals surface area contributed by atoms with E-state index in [0.717, 1.165) is 11.1 Å². The molecule has 22 heavy (non-hydrogen) atoms. The van der Waals surface area contributed by atoms with Crippen molar-refractivity contribution in [2.24, 2.45) is 0 Å². The van der Waals surface area contributed by atoms with E-state index < -0.39 is 0 Å². The van der Waals surface area contributed by atoms with Gasteiger partial charge in [-0.3, -0.25) is 4.79 Å². The molecule has 0 aliphatic heterocycles. The number of carbonyl (C=O) groups excluding carboxylic acids is 1. The molecule has 0 aromatic heterocycles. The van der Waals surface area contributed by atoms with Crippen LogP contribution in [-0.2, 0) is 11.3 Å². The summed E-state index contributed by atoms with van der Waals surface area (Å²) < 4.78 is 0. The normalized spacial score (nSPS) is 10.4. The predicted octanol–water partition coefficient (Wildman–Crippen LogP) is 4.31. The van der Waals surface area contributed by atoms with Gasteiger partial charge in [-0.1, -0.05) is 73.3 Å². The minimum absolute atomic E-state index is 0.160. The smallest absolute Gasteiger partial charge is 0.243 e. The van der Waals surface area contributed by atoms with Crippen LogP contribution in [0.5, 0.6) is 0 Å². The Hall–Kier alpha value is -2.87. The van der Waals surface area contributed by atoms with E-state index in [9.17, 15) is 4.79 Å². The van der Waals surface area contributed by atoms with Crippen LogP contribution in [0.15, 0.2) is 79.4 Å². The van der Waals surface area contributed by atoms with Crippen LogP contribution in [-0.4, -0.2) is 5.91 Å². The van der Waals surface area contributed by atoms with E-state index >= 15 is 0 Å². The summed E-state index contributed by atoms with van der Waals surface area (Å²) >= 11 is 0. The van der Waals surface area contributed by atoms with Crippen LogP contribution < -0.4 is 5.32 Å². The zero-order valence-corrected chi connectivity index (χ0v) is 12.3. The maximum Gasteiger partial charge on any atom is 0.243 e. The topological polar surface area (TPSA) is 29.1 Å². The minimum atomic E-state index is -0.160. The van der Waals surface area contributed by atoms with Gasteiger partial charge in [0.25, 0.3) is 0 Å². The van der Waals surface area contributed by atoms with Gasteiger partial charge >= 0.3 is 0 Å². The van der Waals surface area contributed by atoms with Gasteiger partial charge in [-0.2, -0.15) is 0 Å². The highest BCUT2D eigenvalue weighted by molar-refractivity contribution is 5.98. The number of hydrogen-bond donors (Lipinski definition) is 1. The molecule has 3 aromatic rings. The van der Waals surface area contributed by atoms with E-state index in [1.165, 1.54) is 22.4 Å². The first-order valence-corrected chi connectivity index (χ1v) is 7.26. The molecule has 0 bridgehead atoms. The van der Waals surface area contributed by atoms with Crippen LogP contribution in [0.4, 0.5) is 0 Å². The highest BCUT2D eigenvalue weighted by Gasteiger charge is 2.10. The standard InChI is InChI=1S/C20H17NO/c1-2-19(22)21-14-17-13-12-15-8-6-7-11-18(15)20(17)16-9-4-3-5-10-16/h2-13H,1,14H2,(H,21,22). The second kappa shape index (κ2) is 6.27. The van der Waals surface area contributed by atoms with Crippen LogP contribution in [0.1, 0.15) is 5.56 Å². The maximum absolute atomic E-state index is 11.5. The number of carbonyl (C=O) groups is 1. The van der Waals surface area contributed by atoms with Crippen LogP contribution in [0.25, 0.3) is 21.9 Å². The van der Waals surface area contributed by atoms with Crippen LogP contribution in [0.3, 0.4) is 0 Å². The molecule has 3 aromatic carbocycles. The van der Waals surface area contributed by atoms with E-state index in [2.05, 4.69) is 48.3 Å². The molecule has 0 heterocycles. The van der Waals surface area contributed by atoms with E-state index in [1.807, 2.05) is 30.3 Å². The number of hydrogen-bond acceptors (Lipinski definition) is 1. The van der Waals surface area contributed by atoms with Crippen molar-refractivity contribution >= 4 is 16.7 Å². The van der Waals surface area contributed by atoms with E-state index in [1.54, 1.807) is 0 Å². The van der Waals surface area contributed by atoms with Crippen molar-refractivity contribution in [3.8, 4) is 11.1 Å². The highest BCUT2D eigenvalue weighted by Crippen LogP contribution is 2.32. The number of amides is 1. The summed E-state index contributed by atoms with van der Waals surface area (Å²) in [5.74, 6) is -0.160. The van der Waals surface area contributed by atoms with Gasteiger partial charge < -0.3 is 5.32 Å². The molecule has 2 nitrogen and oxygen atoms in total. The molecule has 108 valence electrons. The van der Waals surface area contributed by atoms with E-state index in [0.29, 0.717) is 6.54 Å². The first kappa shape index (κ1) is 14.1. The summed E-state index contributed by atoms with van der Waals surface area (Å²) in [6, 6.07) is 22.7. The number of rotatable bonds is 4. The van der Waals surface area contributed by atoms with Crippen LogP contribution in [0, 0.1) is 0 Å². The summed E-state index contributed by atoms with van der Waals surface area (Å²) in [5, 5.41) is 5.25. The fourth-order valence-electron chi connectivity index (χ4n) is 2.66. The molecule has 0 spiro atoms. The van der Waals surface area contributed by atoms with E-state index in [-0.39, 0.29) is 5.91 Å². The molecule has 0 saturated carbocycles. The van der Waals surface area contributed by atoms with Gasteiger partial charge in [0.05, 0.1) is 0 Å². The van der Waals surface area contributed by atoms with Gasteiger partial charge in [0, 0.05) is 6.54 Å². The van der Waals surface area contributed by atoms with Crippen molar-refractivity contribution in [3.63, 3.8) is 0 Å². The Morgan fingerprint density at radius 2 is 1.68 bits per heavy atom. The number of fused-ring (bicyclic) bond motifs is 1. The summed E-state index contributed by atoms with van der Waals surface area (Å²) in [5.41, 5.74) is 3.42. The van der Waals surface area contributed by atoms with E-state index in [4.69, 9.17) is 0 Å². The Balaban J connectivity index is 2.15. The Morgan fingerprint density at radius 3 is 2.45 bits per heavy atom. The lowest BCUT2D eigenvalue weighted by molar-refractivity contribution is -0.116. The molecule has 0 unspecified atom stereocenters. The average Bonchev–Trinajstić information content (AvgIpc) is 2.59. The largest absolute Gasteiger partial charge is 0.348 e. The number of benzene rings is 3. The van der Waals surface area contributed by atoms with Crippen molar-refractivity contribution in [1.82, 2.24) is 5.32 Å². The molecule has 3 rings (SSSR count). The third-order valence-electron chi connectivity index (χ3n) is 3.72. The Morgan fingerprint density at radius 1 is 0.955 bits per heavy atom. The van der Waals surface area contributed by atoms with Gasteiger partial charge in [-0.05, 0) is 33.5 Å². The van der Waals surface area contributed by atoms with Crippen molar-refractivity contribution in [1.29, 1.82) is 0 Å². The minimum Gasteiger partial charge on any atom is -0.348 e. The molecule has 1 N–H and O–H groups in total. The fraction of sp³-hybridized carbons (Fsp3) is 0.0500. The van der Waals surface area contributed by atoms with Crippen LogP contribution in [0.2, 0.25) is 0 Å². The molecule has 0 aliphatic carbocycles. The second-order valence-electron chi connectivity index (χ2n) is 5.11. The molecule has 0 fully saturated rings. The molecule has 0 radical (unpaired) electrons. The van der Waals surface area contributed by atoms with Crippen molar-refractivity contribution < 1.29 is 4.79 Å². The molecule has 0 aliphatic rings. The van der Waals surface area contributed by atoms with Gasteiger partial charge in [0.15, 0.2) is 0 Å². The van der Waals surface area contributed by atoms with Crippen molar-refractivity contribution in [2.45, 2.75) is 6.54 Å². The molecule has 0 saturated heterocycles. The predicted molar refractivity (Wildman–Crippen MR) is 91.4 cm³/mol. The lowest BCUT2D eigenvalue weighted by Gasteiger charge is -2.14. The third kappa shape index (κ3) is 2.77. The quantitative estimate of drug-likeness (QED) is 0.712. The molecule has 1 amide bonds. The van der Waals surface area contributed by atoms with Crippen molar-refractivity contribution in [2.75, 3.05) is 0 Å². The number of nitrogens with one attached hydrogen (secondary N) is 1. The lowest BCUT2D eigenvalue weighted by atomic mass is 9.93. The van der Waals surface area contributed by atoms with Crippen LogP contribution >= 0.6 is 0 Å². The fourth-order valence-corrected chi connectivity index (χ4v) is 2.66. The van der Waals surface area contributed by atoms with Gasteiger partial charge in [0.1, 0.15) is 0 Å². The molecular formula is C20H17NO. The maximum atomic E-state index is 11.5. The Labute approximate surface area is 130 Å². The second-order valence-corrected chi connectivity index (χ2v) is 5.11. The average molecular weight is 287 g/mol. The lowest BCUT2D eigenvalue weighted by Crippen LogP contribution is -2.20. The summed E-state index contributed by atoms with van der Waals surface area (Å²) in [4.78, 5) is 11.5. The molecule has 0 atom stereocenters. The highest BCUT2D eigenvalue weighted by atomic mass is 16.1. The SMILES string of the molecule is C=CC(=O)NCc1ccc2ccccc2c1-c1ccccc1. The molecule has 2 heteroatoms. The molecular weight excluding hydrogens is 270 g/mol. The van der Waals surface area contributed by atoms with Crippen molar-refractivity contribution in [3.05, 3.63) is 84.9 Å². The monoisotopic (exact) mass is 287 g/mol. The zero-order chi connectivity index (χ0) is 15.4. The first-order chi connectivity index (χ1) is 10.8. The summed E-state index contributed by atoms with van der Waals surface area (Å²) in [6.45, 7) is 3.98. The van der Waals surface area contributed by atoms with Gasteiger partial charge in [0.2, 0.25) is 5.91 Å². The van der Waals surface area contributed by atoms with Gasteiger partial charge in [-0.15, -0.1) is 0 Å². The zero-order valence-electron chi connectivity index (χ0n) is 12.3. The third-order valence-corrected chi connectivity index (χ3v) is 3.72. The van der Waals surface area contributed by atoms with Gasteiger partial charge in [-0.25, -0.2) is 0 Å². The summed E-state index contributed by atoms with van der Waals surface area (Å²) in [6.07, 6.45) is 1.29. The Bertz CT molecular complexity index is 821. The Kier molecular flexibility index (Phi) is 4.01. The summed E-state index contributed by atoms with van der Waals surface area (Å²) in [7, 11) is 0.